The third kappa shape index (κ3) is 4.30. The molecule has 5 aromatic rings. The third-order valence-corrected chi connectivity index (χ3v) is 5.45. The molecule has 0 aliphatic rings. The minimum absolute atomic E-state index is 0.190. The molecule has 0 N–H and O–H groups in total. The number of rotatable bonds is 5. The number of halogens is 1. The van der Waals surface area contributed by atoms with Gasteiger partial charge in [-0.15, -0.1) is 0 Å². The maximum atomic E-state index is 8.29. The van der Waals surface area contributed by atoms with Gasteiger partial charge in [-0.3, -0.25) is 0 Å². The number of anilines is 3. The monoisotopic (exact) mass is 436 g/mol. The summed E-state index contributed by atoms with van der Waals surface area (Å²) in [5.41, 5.74) is 5.63. The van der Waals surface area contributed by atoms with Crippen molar-refractivity contribution in [3.63, 3.8) is 0 Å². The maximum Gasteiger partial charge on any atom is 0.0629 e. The SMILES string of the molecule is [2H]c1c([2H])c([2H])c(-c2ccc(N(c3ccccc3)c3ccc(-c4cccc(Cl)c4)cc3)cc2)c([2H])c1[2H]. The minimum Gasteiger partial charge on any atom is -0.311 e. The van der Waals surface area contributed by atoms with Crippen molar-refractivity contribution >= 4 is 28.7 Å². The molecule has 0 spiro atoms. The smallest absolute Gasteiger partial charge is 0.0629 e. The van der Waals surface area contributed by atoms with Gasteiger partial charge in [-0.05, 0) is 70.8 Å². The molecule has 5 aromatic carbocycles. The Morgan fingerprint density at radius 3 is 1.66 bits per heavy atom. The van der Waals surface area contributed by atoms with Crippen LogP contribution >= 0.6 is 11.6 Å². The van der Waals surface area contributed by atoms with Crippen LogP contribution in [0.25, 0.3) is 22.3 Å². The largest absolute Gasteiger partial charge is 0.311 e. The first kappa shape index (κ1) is 15.1. The van der Waals surface area contributed by atoms with E-state index >= 15 is 0 Å². The molecule has 0 saturated carbocycles. The van der Waals surface area contributed by atoms with Crippen molar-refractivity contribution in [3.8, 4) is 22.3 Å². The molecule has 0 atom stereocenters. The Labute approximate surface area is 201 Å². The molecule has 5 rings (SSSR count). The highest BCUT2D eigenvalue weighted by Crippen LogP contribution is 2.36. The van der Waals surface area contributed by atoms with E-state index in [2.05, 4.69) is 17.0 Å². The van der Waals surface area contributed by atoms with Crippen molar-refractivity contribution in [2.75, 3.05) is 4.90 Å². The molecule has 0 saturated heterocycles. The Bertz CT molecular complexity index is 1540. The van der Waals surface area contributed by atoms with E-state index in [-0.39, 0.29) is 29.7 Å². The van der Waals surface area contributed by atoms with Crippen molar-refractivity contribution in [2.24, 2.45) is 0 Å². The van der Waals surface area contributed by atoms with Crippen LogP contribution in [0.2, 0.25) is 5.02 Å². The molecule has 0 radical (unpaired) electrons. The van der Waals surface area contributed by atoms with Gasteiger partial charge in [-0.25, -0.2) is 0 Å². The van der Waals surface area contributed by atoms with Crippen molar-refractivity contribution in [1.29, 1.82) is 0 Å². The van der Waals surface area contributed by atoms with Gasteiger partial charge in [0.05, 0.1) is 6.85 Å². The molecule has 2 heteroatoms. The van der Waals surface area contributed by atoms with Crippen LogP contribution in [0.4, 0.5) is 17.1 Å². The molecule has 0 fully saturated rings. The second kappa shape index (κ2) is 9.13. The fourth-order valence-corrected chi connectivity index (χ4v) is 3.86. The molecule has 0 heterocycles. The molecule has 0 amide bonds. The van der Waals surface area contributed by atoms with Crippen molar-refractivity contribution in [1.82, 2.24) is 0 Å². The highest BCUT2D eigenvalue weighted by Gasteiger charge is 2.12. The van der Waals surface area contributed by atoms with E-state index in [1.807, 2.05) is 78.9 Å². The standard InChI is InChI=1S/C30H22ClN/c31-27-11-7-10-26(22-27)25-16-20-30(21-17-25)32(28-12-5-2-6-13-28)29-18-14-24(15-19-29)23-8-3-1-4-9-23/h1-22H/i1D,3D,4D,8D,9D. The highest BCUT2D eigenvalue weighted by atomic mass is 35.5. The van der Waals surface area contributed by atoms with E-state index in [4.69, 9.17) is 18.5 Å². The number of hydrogen-bond donors (Lipinski definition) is 0. The summed E-state index contributed by atoms with van der Waals surface area (Å²) in [7, 11) is 0. The zero-order valence-corrected chi connectivity index (χ0v) is 17.9. The second-order valence-corrected chi connectivity index (χ2v) is 7.71. The van der Waals surface area contributed by atoms with Gasteiger partial charge in [-0.1, -0.05) is 96.4 Å². The van der Waals surface area contributed by atoms with Gasteiger partial charge in [0.25, 0.3) is 0 Å². The summed E-state index contributed by atoms with van der Waals surface area (Å²) in [5, 5.41) is 0.687. The average molecular weight is 437 g/mol. The van der Waals surface area contributed by atoms with Crippen LogP contribution in [0.1, 0.15) is 6.85 Å². The summed E-state index contributed by atoms with van der Waals surface area (Å²) in [4.78, 5) is 2.10. The fraction of sp³-hybridized carbons (Fsp3) is 0. The van der Waals surface area contributed by atoms with Crippen LogP contribution in [0.3, 0.4) is 0 Å². The lowest BCUT2D eigenvalue weighted by Crippen LogP contribution is -2.09. The quantitative estimate of drug-likeness (QED) is 0.265. The molecule has 154 valence electrons. The average Bonchev–Trinajstić information content (AvgIpc) is 2.93. The van der Waals surface area contributed by atoms with Gasteiger partial charge in [0.15, 0.2) is 0 Å². The van der Waals surface area contributed by atoms with Gasteiger partial charge in [0.2, 0.25) is 0 Å². The summed E-state index contributed by atoms with van der Waals surface area (Å²) in [6.07, 6.45) is 0. The van der Waals surface area contributed by atoms with E-state index in [9.17, 15) is 0 Å². The molecule has 0 aliphatic heterocycles. The minimum atomic E-state index is -0.396. The van der Waals surface area contributed by atoms with Crippen molar-refractivity contribution in [3.05, 3.63) is 138 Å². The predicted molar refractivity (Wildman–Crippen MR) is 137 cm³/mol. The summed E-state index contributed by atoms with van der Waals surface area (Å²) < 4.78 is 40.4. The van der Waals surface area contributed by atoms with E-state index in [0.717, 1.165) is 28.2 Å². The lowest BCUT2D eigenvalue weighted by Gasteiger charge is -2.26. The lowest BCUT2D eigenvalue weighted by molar-refractivity contribution is 1.28. The molecule has 0 aliphatic carbocycles. The molecule has 0 bridgehead atoms. The fourth-order valence-electron chi connectivity index (χ4n) is 3.67. The summed E-state index contributed by atoms with van der Waals surface area (Å²) >= 11 is 6.18. The molecule has 32 heavy (non-hydrogen) atoms. The summed E-state index contributed by atoms with van der Waals surface area (Å²) in [6, 6.07) is 31.8. The summed E-state index contributed by atoms with van der Waals surface area (Å²) in [6.45, 7) is 0. The van der Waals surface area contributed by atoms with E-state index in [1.54, 1.807) is 12.1 Å². The summed E-state index contributed by atoms with van der Waals surface area (Å²) in [5.74, 6) is 0. The third-order valence-electron chi connectivity index (χ3n) is 5.21. The number of nitrogens with zero attached hydrogens (tertiary/aromatic N) is 1. The van der Waals surface area contributed by atoms with Gasteiger partial charge in [0.1, 0.15) is 0 Å². The Balaban J connectivity index is 1.56. The zero-order chi connectivity index (χ0) is 26.1. The maximum absolute atomic E-state index is 8.29. The van der Waals surface area contributed by atoms with Gasteiger partial charge in [0, 0.05) is 22.1 Å². The van der Waals surface area contributed by atoms with Crippen LogP contribution in [0.5, 0.6) is 0 Å². The van der Waals surface area contributed by atoms with Gasteiger partial charge in [-0.2, -0.15) is 0 Å². The van der Waals surface area contributed by atoms with Crippen LogP contribution in [0.15, 0.2) is 133 Å². The Morgan fingerprint density at radius 2 is 1.06 bits per heavy atom. The lowest BCUT2D eigenvalue weighted by atomic mass is 10.0. The van der Waals surface area contributed by atoms with E-state index in [0.29, 0.717) is 10.6 Å². The molecule has 0 unspecified atom stereocenters. The van der Waals surface area contributed by atoms with E-state index < -0.39 is 6.04 Å². The Hall–Kier alpha value is -3.81. The highest BCUT2D eigenvalue weighted by molar-refractivity contribution is 6.30. The van der Waals surface area contributed by atoms with Crippen molar-refractivity contribution in [2.45, 2.75) is 0 Å². The van der Waals surface area contributed by atoms with Crippen LogP contribution < -0.4 is 4.90 Å². The molecular formula is C30H22ClN. The topological polar surface area (TPSA) is 3.24 Å². The molecular weight excluding hydrogens is 410 g/mol. The Morgan fingerprint density at radius 1 is 0.500 bits per heavy atom. The zero-order valence-electron chi connectivity index (χ0n) is 22.1. The number of hydrogen-bond acceptors (Lipinski definition) is 1. The normalized spacial score (nSPS) is 12.8. The number of benzene rings is 5. The second-order valence-electron chi connectivity index (χ2n) is 7.28. The first-order valence-corrected chi connectivity index (χ1v) is 10.6. The number of para-hydroxylation sites is 1. The van der Waals surface area contributed by atoms with Crippen molar-refractivity contribution < 1.29 is 6.85 Å². The van der Waals surface area contributed by atoms with Gasteiger partial charge < -0.3 is 4.90 Å². The molecule has 0 aromatic heterocycles. The van der Waals surface area contributed by atoms with E-state index in [1.165, 1.54) is 0 Å². The Kier molecular flexibility index (Phi) is 4.30. The van der Waals surface area contributed by atoms with Gasteiger partial charge >= 0.3 is 0 Å². The predicted octanol–water partition coefficient (Wildman–Crippen LogP) is 9.14. The van der Waals surface area contributed by atoms with Crippen LogP contribution in [-0.4, -0.2) is 0 Å². The first-order valence-electron chi connectivity index (χ1n) is 12.7. The van der Waals surface area contributed by atoms with Crippen LogP contribution in [0, 0.1) is 0 Å². The molecule has 1 nitrogen and oxygen atoms in total. The first-order chi connectivity index (χ1) is 17.8. The van der Waals surface area contributed by atoms with Crippen LogP contribution in [-0.2, 0) is 0 Å².